The second-order valence-corrected chi connectivity index (χ2v) is 11.6. The molecular formula is C30H44N6O3. The Bertz CT molecular complexity index is 1100. The standard InChI is InChI=1S/C30H44N6O3/c1-30(2,31)29(39)33-25(19-22-11-5-3-6-12-22)27(37)34-26-20-35(21-32-26)18-15-24(23-13-7-4-8-14-23)28(38)36-16-9-10-17-36/h4,7-8,13-15,18,20-22,24-25,27,34,37H,3,5-6,9-12,16-17,19,31H2,1-2H3,(H,33,39)/b18-15+. The van der Waals surface area contributed by atoms with E-state index in [1.165, 1.54) is 19.3 Å². The van der Waals surface area contributed by atoms with E-state index >= 15 is 0 Å². The maximum atomic E-state index is 13.3. The van der Waals surface area contributed by atoms with Gasteiger partial charge in [-0.15, -0.1) is 0 Å². The summed E-state index contributed by atoms with van der Waals surface area (Å²) >= 11 is 0. The van der Waals surface area contributed by atoms with E-state index in [1.54, 1.807) is 30.9 Å². The van der Waals surface area contributed by atoms with E-state index in [1.807, 2.05) is 47.5 Å². The lowest BCUT2D eigenvalue weighted by Gasteiger charge is -2.32. The van der Waals surface area contributed by atoms with Gasteiger partial charge in [-0.25, -0.2) is 4.98 Å². The van der Waals surface area contributed by atoms with E-state index in [2.05, 4.69) is 15.6 Å². The highest BCUT2D eigenvalue weighted by Gasteiger charge is 2.31. The number of benzene rings is 1. The average molecular weight is 537 g/mol. The van der Waals surface area contributed by atoms with E-state index in [4.69, 9.17) is 5.73 Å². The summed E-state index contributed by atoms with van der Waals surface area (Å²) in [6, 6.07) is 9.30. The fourth-order valence-electron chi connectivity index (χ4n) is 5.46. The van der Waals surface area contributed by atoms with Crippen LogP contribution in [0.2, 0.25) is 0 Å². The molecule has 1 aromatic carbocycles. The van der Waals surface area contributed by atoms with Crippen LogP contribution in [0.5, 0.6) is 0 Å². The first-order chi connectivity index (χ1) is 18.7. The quantitative estimate of drug-likeness (QED) is 0.325. The number of likely N-dealkylation sites (tertiary alicyclic amines) is 1. The Labute approximate surface area is 231 Å². The van der Waals surface area contributed by atoms with Gasteiger partial charge < -0.3 is 30.9 Å². The van der Waals surface area contributed by atoms with Crippen LogP contribution in [0.25, 0.3) is 6.20 Å². The summed E-state index contributed by atoms with van der Waals surface area (Å²) in [6.45, 7) is 4.91. The number of anilines is 1. The minimum Gasteiger partial charge on any atom is -0.372 e. The molecule has 1 saturated heterocycles. The maximum Gasteiger partial charge on any atom is 0.239 e. The zero-order valence-corrected chi connectivity index (χ0v) is 23.3. The molecule has 0 bridgehead atoms. The number of aliphatic hydroxyl groups excluding tert-OH is 1. The summed E-state index contributed by atoms with van der Waals surface area (Å²) < 4.78 is 1.76. The van der Waals surface area contributed by atoms with Crippen LogP contribution >= 0.6 is 0 Å². The van der Waals surface area contributed by atoms with E-state index in [9.17, 15) is 14.7 Å². The van der Waals surface area contributed by atoms with Crippen molar-refractivity contribution in [2.45, 2.75) is 88.9 Å². The predicted octanol–water partition coefficient (Wildman–Crippen LogP) is 3.68. The van der Waals surface area contributed by atoms with Gasteiger partial charge >= 0.3 is 0 Å². The van der Waals surface area contributed by atoms with Gasteiger partial charge in [-0.05, 0) is 44.6 Å². The fraction of sp³-hybridized carbons (Fsp3) is 0.567. The molecule has 3 unspecified atom stereocenters. The molecule has 5 N–H and O–H groups in total. The Morgan fingerprint density at radius 3 is 2.49 bits per heavy atom. The SMILES string of the molecule is CC(C)(N)C(=O)NC(CC1CCCCC1)C(O)Nc1cn(/C=C/C(C(=O)N2CCCC2)c2ccccc2)cn1. The monoisotopic (exact) mass is 536 g/mol. The fourth-order valence-corrected chi connectivity index (χ4v) is 5.46. The highest BCUT2D eigenvalue weighted by Crippen LogP contribution is 2.28. The Kier molecular flexibility index (Phi) is 9.80. The van der Waals surface area contributed by atoms with Crippen molar-refractivity contribution in [3.63, 3.8) is 0 Å². The number of aliphatic hydroxyl groups is 1. The number of amides is 2. The Hall–Kier alpha value is -3.17. The van der Waals surface area contributed by atoms with Crippen molar-refractivity contribution < 1.29 is 14.7 Å². The molecular weight excluding hydrogens is 492 g/mol. The smallest absolute Gasteiger partial charge is 0.239 e. The van der Waals surface area contributed by atoms with Gasteiger partial charge in [0.15, 0.2) is 0 Å². The molecule has 1 aromatic heterocycles. The van der Waals surface area contributed by atoms with E-state index < -0.39 is 17.8 Å². The Morgan fingerprint density at radius 2 is 1.82 bits per heavy atom. The normalized spacial score (nSPS) is 19.1. The van der Waals surface area contributed by atoms with Gasteiger partial charge in [0.1, 0.15) is 18.4 Å². The molecule has 0 spiro atoms. The molecule has 1 aliphatic carbocycles. The van der Waals surface area contributed by atoms with Crippen LogP contribution in [0, 0.1) is 5.92 Å². The number of nitrogens with zero attached hydrogens (tertiary/aromatic N) is 3. The lowest BCUT2D eigenvalue weighted by Crippen LogP contribution is -2.56. The lowest BCUT2D eigenvalue weighted by molar-refractivity contribution is -0.130. The third kappa shape index (κ3) is 8.16. The molecule has 0 radical (unpaired) electrons. The molecule has 1 saturated carbocycles. The third-order valence-electron chi connectivity index (χ3n) is 7.79. The van der Waals surface area contributed by atoms with Gasteiger partial charge in [-0.1, -0.05) is 68.5 Å². The van der Waals surface area contributed by atoms with Crippen LogP contribution < -0.4 is 16.4 Å². The zero-order chi connectivity index (χ0) is 27.8. The van der Waals surface area contributed by atoms with Gasteiger partial charge in [0.2, 0.25) is 11.8 Å². The van der Waals surface area contributed by atoms with Gasteiger partial charge in [-0.2, -0.15) is 0 Å². The molecule has 2 fully saturated rings. The predicted molar refractivity (Wildman–Crippen MR) is 154 cm³/mol. The molecule has 4 rings (SSSR count). The topological polar surface area (TPSA) is 126 Å². The van der Waals surface area contributed by atoms with Crippen molar-refractivity contribution in [1.82, 2.24) is 19.8 Å². The Balaban J connectivity index is 1.44. The van der Waals surface area contributed by atoms with Crippen molar-refractivity contribution in [3.05, 3.63) is 54.5 Å². The van der Waals surface area contributed by atoms with E-state index in [0.717, 1.165) is 44.3 Å². The number of imidazole rings is 1. The first kappa shape index (κ1) is 28.8. The summed E-state index contributed by atoms with van der Waals surface area (Å²) in [5, 5.41) is 17.1. The number of nitrogens with two attached hydrogens (primary N) is 1. The first-order valence-electron chi connectivity index (χ1n) is 14.3. The van der Waals surface area contributed by atoms with Crippen molar-refractivity contribution in [2.24, 2.45) is 11.7 Å². The van der Waals surface area contributed by atoms with Crippen molar-refractivity contribution in [2.75, 3.05) is 18.4 Å². The molecule has 212 valence electrons. The van der Waals surface area contributed by atoms with Crippen LogP contribution in [-0.4, -0.2) is 62.3 Å². The molecule has 2 amide bonds. The lowest BCUT2D eigenvalue weighted by atomic mass is 9.84. The summed E-state index contributed by atoms with van der Waals surface area (Å²) in [7, 11) is 0. The number of carbonyl (C=O) groups excluding carboxylic acids is 2. The van der Waals surface area contributed by atoms with Crippen LogP contribution in [0.1, 0.15) is 76.7 Å². The highest BCUT2D eigenvalue weighted by atomic mass is 16.3. The van der Waals surface area contributed by atoms with E-state index in [-0.39, 0.29) is 17.7 Å². The summed E-state index contributed by atoms with van der Waals surface area (Å²) in [4.78, 5) is 32.3. The average Bonchev–Trinajstić information content (AvgIpc) is 3.62. The molecule has 2 heterocycles. The summed E-state index contributed by atoms with van der Waals surface area (Å²) in [5.74, 6) is 0.345. The number of carbonyl (C=O) groups is 2. The van der Waals surface area contributed by atoms with E-state index in [0.29, 0.717) is 18.2 Å². The van der Waals surface area contributed by atoms with Crippen molar-refractivity contribution in [1.29, 1.82) is 0 Å². The molecule has 2 aromatic rings. The van der Waals surface area contributed by atoms with Gasteiger partial charge in [0.05, 0.1) is 23.7 Å². The zero-order valence-electron chi connectivity index (χ0n) is 23.3. The molecule has 9 nitrogen and oxygen atoms in total. The Morgan fingerprint density at radius 1 is 1.13 bits per heavy atom. The molecule has 9 heteroatoms. The maximum absolute atomic E-state index is 13.3. The number of hydrogen-bond acceptors (Lipinski definition) is 6. The largest absolute Gasteiger partial charge is 0.372 e. The first-order valence-corrected chi connectivity index (χ1v) is 14.3. The summed E-state index contributed by atoms with van der Waals surface area (Å²) in [6.07, 6.45) is 14.6. The van der Waals surface area contributed by atoms with Crippen LogP contribution in [0.4, 0.5) is 5.82 Å². The summed E-state index contributed by atoms with van der Waals surface area (Å²) in [5.41, 5.74) is 5.92. The molecule has 1 aliphatic heterocycles. The number of rotatable bonds is 11. The minimum absolute atomic E-state index is 0.105. The number of nitrogens with one attached hydrogen (secondary N) is 2. The van der Waals surface area contributed by atoms with Crippen molar-refractivity contribution in [3.8, 4) is 0 Å². The van der Waals surface area contributed by atoms with Crippen LogP contribution in [-0.2, 0) is 9.59 Å². The van der Waals surface area contributed by atoms with Gasteiger partial charge in [0, 0.05) is 19.3 Å². The molecule has 2 aliphatic rings. The van der Waals surface area contributed by atoms with Gasteiger partial charge in [0.25, 0.3) is 0 Å². The minimum atomic E-state index is -1.04. The molecule has 3 atom stereocenters. The van der Waals surface area contributed by atoms with Crippen molar-refractivity contribution >= 4 is 23.8 Å². The van der Waals surface area contributed by atoms with Gasteiger partial charge in [-0.3, -0.25) is 9.59 Å². The number of hydrogen-bond donors (Lipinski definition) is 4. The van der Waals surface area contributed by atoms with Crippen LogP contribution in [0.3, 0.4) is 0 Å². The number of aromatic nitrogens is 2. The second kappa shape index (κ2) is 13.3. The third-order valence-corrected chi connectivity index (χ3v) is 7.79. The molecule has 39 heavy (non-hydrogen) atoms. The van der Waals surface area contributed by atoms with Crippen LogP contribution in [0.15, 0.2) is 48.9 Å². The highest BCUT2D eigenvalue weighted by molar-refractivity contribution is 5.86. The second-order valence-electron chi connectivity index (χ2n) is 11.6.